The van der Waals surface area contributed by atoms with Crippen LogP contribution < -0.4 is 0 Å². The van der Waals surface area contributed by atoms with E-state index in [1.165, 1.54) is 32.6 Å². The number of nitrogens with zero attached hydrogens (tertiary/aromatic N) is 1. The van der Waals surface area contributed by atoms with Crippen LogP contribution in [0.3, 0.4) is 0 Å². The zero-order valence-corrected chi connectivity index (χ0v) is 11.6. The van der Waals surface area contributed by atoms with E-state index in [-0.39, 0.29) is 0 Å². The topological polar surface area (TPSA) is 18.1 Å². The van der Waals surface area contributed by atoms with Gasteiger partial charge in [-0.3, -0.25) is 0 Å². The lowest BCUT2D eigenvalue weighted by molar-refractivity contribution is 0.670. The summed E-state index contributed by atoms with van der Waals surface area (Å²) in [4.78, 5) is 0. The van der Waals surface area contributed by atoms with Crippen LogP contribution in [-0.4, -0.2) is 4.57 Å². The third-order valence-corrected chi connectivity index (χ3v) is 4.41. The molecule has 5 rings (SSSR count). The Morgan fingerprint density at radius 2 is 1.43 bits per heavy atom. The first kappa shape index (κ1) is 11.0. The Bertz CT molecular complexity index is 1140. The number of fused-ring (bicyclic) bond motifs is 7. The van der Waals surface area contributed by atoms with Crippen LogP contribution >= 0.6 is 0 Å². The largest absolute Gasteiger partial charge is 0.454 e. The summed E-state index contributed by atoms with van der Waals surface area (Å²) in [7, 11) is 2.11. The molecule has 2 nitrogen and oxygen atoms in total. The molecule has 2 heterocycles. The minimum absolute atomic E-state index is 0.949. The molecule has 0 spiro atoms. The van der Waals surface area contributed by atoms with E-state index in [4.69, 9.17) is 4.42 Å². The molecule has 3 aromatic carbocycles. The van der Waals surface area contributed by atoms with Gasteiger partial charge in [0.25, 0.3) is 0 Å². The molecule has 2 aromatic heterocycles. The lowest BCUT2D eigenvalue weighted by Gasteiger charge is -1.98. The average Bonchev–Trinajstić information content (AvgIpc) is 3.04. The number of hydrogen-bond donors (Lipinski definition) is 0. The molecule has 100 valence electrons. The normalized spacial score (nSPS) is 12.0. The monoisotopic (exact) mass is 271 g/mol. The Morgan fingerprint density at radius 1 is 0.714 bits per heavy atom. The summed E-state index contributed by atoms with van der Waals surface area (Å²) in [6, 6.07) is 21.1. The molecule has 0 saturated heterocycles. The summed E-state index contributed by atoms with van der Waals surface area (Å²) in [6.07, 6.45) is 0. The molecular weight excluding hydrogens is 258 g/mol. The van der Waals surface area contributed by atoms with Crippen molar-refractivity contribution >= 4 is 43.7 Å². The standard InChI is InChI=1S/C19H13NO/c1-20-16-8-4-2-6-12(16)14-10-11-15-13-7-3-5-9-17(13)21-19(15)18(14)20/h2-11H,1H3. The molecule has 21 heavy (non-hydrogen) atoms. The molecule has 0 fully saturated rings. The highest BCUT2D eigenvalue weighted by Gasteiger charge is 2.15. The number of furan rings is 1. The number of rotatable bonds is 0. The van der Waals surface area contributed by atoms with Crippen molar-refractivity contribution in [2.75, 3.05) is 0 Å². The molecule has 0 bridgehead atoms. The van der Waals surface area contributed by atoms with Crippen LogP contribution in [0, 0.1) is 0 Å². The van der Waals surface area contributed by atoms with Gasteiger partial charge < -0.3 is 8.98 Å². The Kier molecular flexibility index (Phi) is 1.92. The first-order chi connectivity index (χ1) is 10.3. The molecule has 0 amide bonds. The van der Waals surface area contributed by atoms with Crippen molar-refractivity contribution in [2.24, 2.45) is 7.05 Å². The highest BCUT2D eigenvalue weighted by Crippen LogP contribution is 2.37. The summed E-state index contributed by atoms with van der Waals surface area (Å²) in [5.41, 5.74) is 4.34. The van der Waals surface area contributed by atoms with Crippen LogP contribution in [-0.2, 0) is 7.05 Å². The van der Waals surface area contributed by atoms with Crippen LogP contribution in [0.4, 0.5) is 0 Å². The van der Waals surface area contributed by atoms with Gasteiger partial charge in [0.15, 0.2) is 5.58 Å². The summed E-state index contributed by atoms with van der Waals surface area (Å²) in [5.74, 6) is 0. The van der Waals surface area contributed by atoms with Crippen molar-refractivity contribution in [2.45, 2.75) is 0 Å². The van der Waals surface area contributed by atoms with E-state index in [0.717, 1.165) is 11.2 Å². The molecule has 5 aromatic rings. The van der Waals surface area contributed by atoms with Gasteiger partial charge in [0.05, 0.1) is 5.52 Å². The minimum Gasteiger partial charge on any atom is -0.454 e. The maximum Gasteiger partial charge on any atom is 0.159 e. The quantitative estimate of drug-likeness (QED) is 0.377. The SMILES string of the molecule is Cn1c2ccccc2c2ccc3c4ccccc4oc3c21. The Morgan fingerprint density at radius 3 is 2.33 bits per heavy atom. The van der Waals surface area contributed by atoms with Crippen LogP contribution in [0.25, 0.3) is 43.7 Å². The van der Waals surface area contributed by atoms with Gasteiger partial charge in [-0.05, 0) is 18.2 Å². The summed E-state index contributed by atoms with van der Waals surface area (Å²) >= 11 is 0. The number of benzene rings is 3. The predicted octanol–water partition coefficient (Wildman–Crippen LogP) is 5.23. The molecule has 2 heteroatoms. The van der Waals surface area contributed by atoms with Gasteiger partial charge >= 0.3 is 0 Å². The first-order valence-electron chi connectivity index (χ1n) is 7.12. The lowest BCUT2D eigenvalue weighted by atomic mass is 10.1. The Hall–Kier alpha value is -2.74. The van der Waals surface area contributed by atoms with E-state index in [1.807, 2.05) is 12.1 Å². The molecule has 0 N–H and O–H groups in total. The summed E-state index contributed by atoms with van der Waals surface area (Å²) in [6.45, 7) is 0. The molecule has 0 saturated carbocycles. The van der Waals surface area contributed by atoms with Gasteiger partial charge in [0.2, 0.25) is 0 Å². The van der Waals surface area contributed by atoms with Crippen molar-refractivity contribution in [1.82, 2.24) is 4.57 Å². The van der Waals surface area contributed by atoms with Crippen LogP contribution in [0.15, 0.2) is 65.1 Å². The zero-order chi connectivity index (χ0) is 14.0. The van der Waals surface area contributed by atoms with E-state index < -0.39 is 0 Å². The fourth-order valence-corrected chi connectivity index (χ4v) is 3.44. The minimum atomic E-state index is 0.949. The Labute approximate surface area is 121 Å². The van der Waals surface area contributed by atoms with Crippen LogP contribution in [0.1, 0.15) is 0 Å². The smallest absolute Gasteiger partial charge is 0.159 e. The summed E-state index contributed by atoms with van der Waals surface area (Å²) < 4.78 is 8.39. The lowest BCUT2D eigenvalue weighted by Crippen LogP contribution is -1.86. The van der Waals surface area contributed by atoms with Crippen molar-refractivity contribution in [3.8, 4) is 0 Å². The molecule has 0 atom stereocenters. The number of hydrogen-bond acceptors (Lipinski definition) is 1. The highest BCUT2D eigenvalue weighted by molar-refractivity contribution is 6.20. The summed E-state index contributed by atoms with van der Waals surface area (Å²) in [5, 5.41) is 4.89. The molecule has 0 aliphatic carbocycles. The molecule has 0 radical (unpaired) electrons. The van der Waals surface area contributed by atoms with Gasteiger partial charge in [-0.25, -0.2) is 0 Å². The van der Waals surface area contributed by atoms with Crippen molar-refractivity contribution in [3.05, 3.63) is 60.7 Å². The first-order valence-corrected chi connectivity index (χ1v) is 7.12. The fraction of sp³-hybridized carbons (Fsp3) is 0.0526. The van der Waals surface area contributed by atoms with E-state index in [9.17, 15) is 0 Å². The molecular formula is C19H13NO. The second-order valence-electron chi connectivity index (χ2n) is 5.51. The van der Waals surface area contributed by atoms with E-state index in [1.54, 1.807) is 0 Å². The third-order valence-electron chi connectivity index (χ3n) is 4.41. The second kappa shape index (κ2) is 3.67. The average molecular weight is 271 g/mol. The third kappa shape index (κ3) is 1.27. The van der Waals surface area contributed by atoms with Crippen molar-refractivity contribution in [3.63, 3.8) is 0 Å². The van der Waals surface area contributed by atoms with Gasteiger partial charge in [-0.2, -0.15) is 0 Å². The van der Waals surface area contributed by atoms with Crippen LogP contribution in [0.2, 0.25) is 0 Å². The van der Waals surface area contributed by atoms with Crippen molar-refractivity contribution < 1.29 is 4.42 Å². The Balaban J connectivity index is 2.14. The van der Waals surface area contributed by atoms with E-state index in [0.29, 0.717) is 0 Å². The molecule has 0 unspecified atom stereocenters. The van der Waals surface area contributed by atoms with E-state index >= 15 is 0 Å². The number of aromatic nitrogens is 1. The van der Waals surface area contributed by atoms with Gasteiger partial charge in [0, 0.05) is 34.1 Å². The maximum atomic E-state index is 6.16. The maximum absolute atomic E-state index is 6.16. The molecule has 0 aliphatic rings. The zero-order valence-electron chi connectivity index (χ0n) is 11.6. The number of aryl methyl sites for hydroxylation is 1. The van der Waals surface area contributed by atoms with E-state index in [2.05, 4.69) is 60.1 Å². The van der Waals surface area contributed by atoms with Crippen molar-refractivity contribution in [1.29, 1.82) is 0 Å². The highest BCUT2D eigenvalue weighted by atomic mass is 16.3. The van der Waals surface area contributed by atoms with Gasteiger partial charge in [-0.1, -0.05) is 42.5 Å². The fourth-order valence-electron chi connectivity index (χ4n) is 3.44. The second-order valence-corrected chi connectivity index (χ2v) is 5.51. The van der Waals surface area contributed by atoms with Gasteiger partial charge in [-0.15, -0.1) is 0 Å². The number of para-hydroxylation sites is 2. The van der Waals surface area contributed by atoms with Gasteiger partial charge in [0.1, 0.15) is 5.58 Å². The predicted molar refractivity (Wildman–Crippen MR) is 87.7 cm³/mol. The van der Waals surface area contributed by atoms with Crippen LogP contribution in [0.5, 0.6) is 0 Å². The molecule has 0 aliphatic heterocycles.